The van der Waals surface area contributed by atoms with E-state index in [4.69, 9.17) is 0 Å². The number of aliphatic hydroxyl groups is 1. The summed E-state index contributed by atoms with van der Waals surface area (Å²) in [5, 5.41) is 10.1. The molecule has 0 aromatic carbocycles. The summed E-state index contributed by atoms with van der Waals surface area (Å²) in [6.45, 7) is 1.79. The molecule has 0 radical (unpaired) electrons. The highest BCUT2D eigenvalue weighted by molar-refractivity contribution is 7.67. The monoisotopic (exact) mass is 186 g/mol. The second kappa shape index (κ2) is 2.46. The van der Waals surface area contributed by atoms with Gasteiger partial charge in [-0.25, -0.2) is 0 Å². The maximum atomic E-state index is 11.9. The summed E-state index contributed by atoms with van der Waals surface area (Å²) in [6.07, 6.45) is 5.69. The van der Waals surface area contributed by atoms with Crippen LogP contribution in [0.25, 0.3) is 0 Å². The van der Waals surface area contributed by atoms with Crippen molar-refractivity contribution in [2.24, 2.45) is 0 Å². The Hall–Kier alpha value is -0.0700. The van der Waals surface area contributed by atoms with Crippen LogP contribution >= 0.6 is 7.14 Å². The van der Waals surface area contributed by atoms with Crippen molar-refractivity contribution in [1.82, 2.24) is 0 Å². The van der Waals surface area contributed by atoms with Crippen molar-refractivity contribution in [3.05, 3.63) is 11.9 Å². The van der Waals surface area contributed by atoms with E-state index in [2.05, 4.69) is 0 Å². The highest BCUT2D eigenvalue weighted by Gasteiger charge is 2.48. The number of fused-ring (bicyclic) bond motifs is 1. The third kappa shape index (κ3) is 1.09. The molecule has 0 aromatic rings. The lowest BCUT2D eigenvalue weighted by Gasteiger charge is -2.35. The van der Waals surface area contributed by atoms with Gasteiger partial charge in [0.15, 0.2) is 0 Å². The number of hydrogen-bond donors (Lipinski definition) is 1. The largest absolute Gasteiger partial charge is 0.385 e. The highest BCUT2D eigenvalue weighted by atomic mass is 31.2. The summed E-state index contributed by atoms with van der Waals surface area (Å²) in [5.41, 5.74) is -0.693. The van der Waals surface area contributed by atoms with E-state index >= 15 is 0 Å². The van der Waals surface area contributed by atoms with Crippen LogP contribution in [0.1, 0.15) is 25.7 Å². The van der Waals surface area contributed by atoms with E-state index < -0.39 is 12.7 Å². The Labute approximate surface area is 73.0 Å². The predicted molar refractivity (Wildman–Crippen MR) is 49.9 cm³/mol. The summed E-state index contributed by atoms with van der Waals surface area (Å²) in [6, 6.07) is 0. The van der Waals surface area contributed by atoms with Gasteiger partial charge in [-0.05, 0) is 31.4 Å². The van der Waals surface area contributed by atoms with Gasteiger partial charge < -0.3 is 9.67 Å². The molecule has 68 valence electrons. The van der Waals surface area contributed by atoms with Crippen LogP contribution in [0.4, 0.5) is 0 Å². The maximum absolute atomic E-state index is 11.9. The quantitative estimate of drug-likeness (QED) is 0.589. The van der Waals surface area contributed by atoms with Gasteiger partial charge in [0, 0.05) is 5.66 Å². The number of rotatable bonds is 0. The van der Waals surface area contributed by atoms with E-state index in [1.165, 1.54) is 0 Å². The van der Waals surface area contributed by atoms with Crippen LogP contribution in [0.5, 0.6) is 0 Å². The molecule has 12 heavy (non-hydrogen) atoms. The fraction of sp³-hybridized carbons (Fsp3) is 0.778. The van der Waals surface area contributed by atoms with Crippen molar-refractivity contribution in [3.8, 4) is 0 Å². The Morgan fingerprint density at radius 3 is 3.00 bits per heavy atom. The van der Waals surface area contributed by atoms with Crippen LogP contribution in [0, 0.1) is 0 Å². The second-order valence-corrected chi connectivity index (χ2v) is 7.17. The molecule has 2 aliphatic rings. The van der Waals surface area contributed by atoms with Crippen LogP contribution in [-0.2, 0) is 4.57 Å². The lowest BCUT2D eigenvalue weighted by Crippen LogP contribution is -2.39. The minimum Gasteiger partial charge on any atom is -0.385 e. The molecule has 0 aromatic heterocycles. The molecule has 0 bridgehead atoms. The first-order valence-corrected chi connectivity index (χ1v) is 6.83. The molecular weight excluding hydrogens is 171 g/mol. The van der Waals surface area contributed by atoms with Crippen molar-refractivity contribution in [2.45, 2.75) is 36.9 Å². The molecule has 0 amide bonds. The van der Waals surface area contributed by atoms with E-state index in [0.717, 1.165) is 25.7 Å². The zero-order valence-corrected chi connectivity index (χ0v) is 8.26. The molecule has 0 spiro atoms. The van der Waals surface area contributed by atoms with Crippen LogP contribution < -0.4 is 0 Å². The lowest BCUT2D eigenvalue weighted by molar-refractivity contribution is 0.0582. The van der Waals surface area contributed by atoms with Crippen molar-refractivity contribution < 1.29 is 9.67 Å². The topological polar surface area (TPSA) is 37.3 Å². The standard InChI is InChI=1S/C9H15O2P/c1-12(11)7-6-9(10)5-3-2-4-8(9)12/h6-8,10H,2-5H2,1H3/t8-,9-,12-/m0/s1. The number of hydrogen-bond acceptors (Lipinski definition) is 2. The first-order valence-electron chi connectivity index (χ1n) is 4.54. The molecule has 1 fully saturated rings. The maximum Gasteiger partial charge on any atom is 0.111 e. The van der Waals surface area contributed by atoms with Crippen LogP contribution in [-0.4, -0.2) is 23.0 Å². The van der Waals surface area contributed by atoms with Gasteiger partial charge in [0.2, 0.25) is 0 Å². The van der Waals surface area contributed by atoms with Gasteiger partial charge >= 0.3 is 0 Å². The average Bonchev–Trinajstić information content (AvgIpc) is 2.24. The van der Waals surface area contributed by atoms with Crippen molar-refractivity contribution in [1.29, 1.82) is 0 Å². The normalized spacial score (nSPS) is 52.3. The van der Waals surface area contributed by atoms with E-state index in [0.29, 0.717) is 0 Å². The molecular formula is C9H15O2P. The van der Waals surface area contributed by atoms with Crippen LogP contribution in [0.15, 0.2) is 11.9 Å². The van der Waals surface area contributed by atoms with Gasteiger partial charge in [-0.1, -0.05) is 12.8 Å². The fourth-order valence-corrected chi connectivity index (χ4v) is 5.00. The summed E-state index contributed by atoms with van der Waals surface area (Å²) in [5.74, 6) is 1.75. The molecule has 1 aliphatic carbocycles. The minimum atomic E-state index is -2.17. The molecule has 1 N–H and O–H groups in total. The summed E-state index contributed by atoms with van der Waals surface area (Å²) in [7, 11) is -2.17. The molecule has 0 saturated heterocycles. The Bertz CT molecular complexity index is 272. The van der Waals surface area contributed by atoms with Gasteiger partial charge in [0.25, 0.3) is 0 Å². The molecule has 3 atom stereocenters. The second-order valence-electron chi connectivity index (χ2n) is 4.13. The van der Waals surface area contributed by atoms with Gasteiger partial charge in [-0.2, -0.15) is 0 Å². The van der Waals surface area contributed by atoms with Crippen molar-refractivity contribution >= 4 is 7.14 Å². The first kappa shape index (κ1) is 8.52. The third-order valence-corrected chi connectivity index (χ3v) is 5.84. The summed E-state index contributed by atoms with van der Waals surface area (Å²) in [4.78, 5) is 0. The zero-order chi connectivity index (χ0) is 8.82. The van der Waals surface area contributed by atoms with Gasteiger partial charge in [0.05, 0.1) is 5.60 Å². The van der Waals surface area contributed by atoms with Gasteiger partial charge in [-0.15, -0.1) is 0 Å². The fourth-order valence-electron chi connectivity index (χ4n) is 2.44. The molecule has 2 rings (SSSR count). The van der Waals surface area contributed by atoms with Gasteiger partial charge in [0.1, 0.15) is 7.14 Å². The first-order chi connectivity index (χ1) is 5.55. The van der Waals surface area contributed by atoms with Gasteiger partial charge in [-0.3, -0.25) is 0 Å². The lowest BCUT2D eigenvalue weighted by atomic mass is 9.85. The third-order valence-electron chi connectivity index (χ3n) is 3.16. The molecule has 1 aliphatic heterocycles. The van der Waals surface area contributed by atoms with Crippen molar-refractivity contribution in [3.63, 3.8) is 0 Å². The zero-order valence-electron chi connectivity index (χ0n) is 7.36. The molecule has 3 heteroatoms. The Morgan fingerprint density at radius 1 is 1.58 bits per heavy atom. The Balaban J connectivity index is 2.34. The van der Waals surface area contributed by atoms with E-state index in [1.54, 1.807) is 18.6 Å². The summed E-state index contributed by atoms with van der Waals surface area (Å²) < 4.78 is 11.9. The van der Waals surface area contributed by atoms with E-state index in [-0.39, 0.29) is 5.66 Å². The summed E-state index contributed by atoms with van der Waals surface area (Å²) >= 11 is 0. The highest BCUT2D eigenvalue weighted by Crippen LogP contribution is 2.61. The molecule has 2 nitrogen and oxygen atoms in total. The van der Waals surface area contributed by atoms with Crippen LogP contribution in [0.3, 0.4) is 0 Å². The SMILES string of the molecule is C[P@]1(=O)C=C[C@@]2(O)CCCC[C@@H]21. The van der Waals surface area contributed by atoms with E-state index in [1.807, 2.05) is 0 Å². The van der Waals surface area contributed by atoms with Crippen molar-refractivity contribution in [2.75, 3.05) is 6.66 Å². The minimum absolute atomic E-state index is 0.0266. The Kier molecular flexibility index (Phi) is 1.75. The average molecular weight is 186 g/mol. The molecule has 0 unspecified atom stereocenters. The predicted octanol–water partition coefficient (Wildman–Crippen LogP) is 2.18. The van der Waals surface area contributed by atoms with E-state index in [9.17, 15) is 9.67 Å². The van der Waals surface area contributed by atoms with Crippen LogP contribution in [0.2, 0.25) is 0 Å². The molecule has 1 saturated carbocycles. The molecule has 1 heterocycles. The smallest absolute Gasteiger partial charge is 0.111 e. The Morgan fingerprint density at radius 2 is 2.33 bits per heavy atom.